The number of amides is 3. The number of methoxy groups -OCH3 is 2. The maximum atomic E-state index is 13.5. The quantitative estimate of drug-likeness (QED) is 0.407. The zero-order chi connectivity index (χ0) is 30.9. The molecule has 10 nitrogen and oxygen atoms in total. The van der Waals surface area contributed by atoms with E-state index in [0.29, 0.717) is 67.6 Å². The summed E-state index contributed by atoms with van der Waals surface area (Å²) in [6.45, 7) is 5.37. The topological polar surface area (TPSA) is 103 Å². The predicted molar refractivity (Wildman–Crippen MR) is 171 cm³/mol. The van der Waals surface area contributed by atoms with E-state index >= 15 is 0 Å². The Morgan fingerprint density at radius 2 is 1.43 bits per heavy atom. The summed E-state index contributed by atoms with van der Waals surface area (Å²) in [7, 11) is 3.12. The van der Waals surface area contributed by atoms with Crippen LogP contribution in [0.3, 0.4) is 0 Å². The van der Waals surface area contributed by atoms with E-state index in [4.69, 9.17) is 9.47 Å². The molecule has 2 aliphatic heterocycles. The molecule has 0 spiro atoms. The van der Waals surface area contributed by atoms with Crippen molar-refractivity contribution in [3.63, 3.8) is 0 Å². The molecule has 232 valence electrons. The van der Waals surface area contributed by atoms with Gasteiger partial charge in [-0.3, -0.25) is 14.4 Å². The molecule has 2 fully saturated rings. The first kappa shape index (κ1) is 30.9. The molecule has 0 atom stereocenters. The molecule has 3 amide bonds. The normalized spacial score (nSPS) is 15.6. The number of hydrogen-bond acceptors (Lipinski definition) is 7. The van der Waals surface area contributed by atoms with Gasteiger partial charge in [0.05, 0.1) is 32.0 Å². The van der Waals surface area contributed by atoms with Crippen molar-refractivity contribution in [2.24, 2.45) is 0 Å². The molecule has 3 aromatic carbocycles. The van der Waals surface area contributed by atoms with Crippen molar-refractivity contribution in [2.45, 2.75) is 19.3 Å². The SMILES string of the molecule is COc1ccc(C(=O)N2CCCN(c3ccc(C(=O)N4CCCNCC4)cc3NC(=O)Cc3ccccc3)CC2)cc1OC. The monoisotopic (exact) mass is 599 g/mol. The summed E-state index contributed by atoms with van der Waals surface area (Å²) in [6, 6.07) is 20.4. The molecular weight excluding hydrogens is 558 g/mol. The summed E-state index contributed by atoms with van der Waals surface area (Å²) >= 11 is 0. The first-order valence-electron chi connectivity index (χ1n) is 15.2. The first-order chi connectivity index (χ1) is 21.5. The van der Waals surface area contributed by atoms with Crippen LogP contribution in [0.2, 0.25) is 0 Å². The summed E-state index contributed by atoms with van der Waals surface area (Å²) in [5.41, 5.74) is 3.43. The zero-order valence-electron chi connectivity index (χ0n) is 25.5. The Labute approximate surface area is 258 Å². The highest BCUT2D eigenvalue weighted by atomic mass is 16.5. The Balaban J connectivity index is 1.36. The van der Waals surface area contributed by atoms with E-state index in [1.54, 1.807) is 38.5 Å². The van der Waals surface area contributed by atoms with Crippen molar-refractivity contribution in [3.05, 3.63) is 83.4 Å². The van der Waals surface area contributed by atoms with E-state index < -0.39 is 0 Å². The van der Waals surface area contributed by atoms with Gasteiger partial charge in [-0.2, -0.15) is 0 Å². The molecule has 0 unspecified atom stereocenters. The average molecular weight is 600 g/mol. The van der Waals surface area contributed by atoms with Gasteiger partial charge in [-0.05, 0) is 61.3 Å². The lowest BCUT2D eigenvalue weighted by Crippen LogP contribution is -2.35. The highest BCUT2D eigenvalue weighted by molar-refractivity contribution is 6.00. The fourth-order valence-corrected chi connectivity index (χ4v) is 5.77. The molecule has 0 radical (unpaired) electrons. The summed E-state index contributed by atoms with van der Waals surface area (Å²) in [5, 5.41) is 6.44. The number of benzene rings is 3. The van der Waals surface area contributed by atoms with E-state index in [2.05, 4.69) is 15.5 Å². The Morgan fingerprint density at radius 1 is 0.727 bits per heavy atom. The summed E-state index contributed by atoms with van der Waals surface area (Å²) in [5.74, 6) is 0.818. The van der Waals surface area contributed by atoms with Gasteiger partial charge in [-0.1, -0.05) is 30.3 Å². The summed E-state index contributed by atoms with van der Waals surface area (Å²) in [6.07, 6.45) is 1.87. The lowest BCUT2D eigenvalue weighted by Gasteiger charge is -2.27. The highest BCUT2D eigenvalue weighted by Gasteiger charge is 2.25. The van der Waals surface area contributed by atoms with Crippen LogP contribution < -0.4 is 25.0 Å². The molecule has 44 heavy (non-hydrogen) atoms. The highest BCUT2D eigenvalue weighted by Crippen LogP contribution is 2.31. The minimum Gasteiger partial charge on any atom is -0.493 e. The van der Waals surface area contributed by atoms with Crippen LogP contribution in [0.4, 0.5) is 11.4 Å². The van der Waals surface area contributed by atoms with Gasteiger partial charge in [0.25, 0.3) is 11.8 Å². The molecule has 3 aromatic rings. The lowest BCUT2D eigenvalue weighted by atomic mass is 10.1. The summed E-state index contributed by atoms with van der Waals surface area (Å²) in [4.78, 5) is 46.0. The number of carbonyl (C=O) groups excluding carboxylic acids is 3. The van der Waals surface area contributed by atoms with E-state index in [0.717, 1.165) is 37.2 Å². The van der Waals surface area contributed by atoms with Crippen LogP contribution in [0.1, 0.15) is 39.1 Å². The zero-order valence-corrected chi connectivity index (χ0v) is 25.5. The largest absolute Gasteiger partial charge is 0.493 e. The fourth-order valence-electron chi connectivity index (χ4n) is 5.77. The third-order valence-electron chi connectivity index (χ3n) is 8.11. The van der Waals surface area contributed by atoms with Crippen molar-refractivity contribution >= 4 is 29.1 Å². The van der Waals surface area contributed by atoms with E-state index in [1.165, 1.54) is 0 Å². The number of anilines is 2. The van der Waals surface area contributed by atoms with Gasteiger partial charge in [0.2, 0.25) is 5.91 Å². The van der Waals surface area contributed by atoms with E-state index in [1.807, 2.05) is 52.3 Å². The molecule has 5 rings (SSSR count). The van der Waals surface area contributed by atoms with Crippen LogP contribution in [-0.4, -0.2) is 94.1 Å². The van der Waals surface area contributed by atoms with Crippen molar-refractivity contribution in [1.82, 2.24) is 15.1 Å². The van der Waals surface area contributed by atoms with Crippen LogP contribution >= 0.6 is 0 Å². The minimum atomic E-state index is -0.152. The number of carbonyl (C=O) groups is 3. The predicted octanol–water partition coefficient (Wildman–Crippen LogP) is 3.67. The number of nitrogens with zero attached hydrogens (tertiary/aromatic N) is 3. The average Bonchev–Trinajstić information content (AvgIpc) is 3.48. The molecule has 2 heterocycles. The van der Waals surface area contributed by atoms with Crippen molar-refractivity contribution < 1.29 is 23.9 Å². The van der Waals surface area contributed by atoms with Gasteiger partial charge in [-0.15, -0.1) is 0 Å². The maximum absolute atomic E-state index is 13.5. The third-order valence-corrected chi connectivity index (χ3v) is 8.11. The molecule has 2 saturated heterocycles. The smallest absolute Gasteiger partial charge is 0.254 e. The Kier molecular flexibility index (Phi) is 10.3. The third kappa shape index (κ3) is 7.49. The van der Waals surface area contributed by atoms with Crippen molar-refractivity contribution in [3.8, 4) is 11.5 Å². The van der Waals surface area contributed by atoms with Crippen LogP contribution in [0.15, 0.2) is 66.7 Å². The molecule has 10 heteroatoms. The standard InChI is InChI=1S/C34H41N5O5/c1-43-30-13-11-27(24-31(30)44-2)34(42)39-18-7-17-37(20-21-39)29-12-10-26(33(41)38-16-6-14-35-15-19-38)23-28(29)36-32(40)22-25-8-4-3-5-9-25/h3-5,8-13,23-24,35H,6-7,14-22H2,1-2H3,(H,36,40). The molecular formula is C34H41N5O5. The van der Waals surface area contributed by atoms with Crippen LogP contribution in [0.25, 0.3) is 0 Å². The number of nitrogens with one attached hydrogen (secondary N) is 2. The number of ether oxygens (including phenoxy) is 2. The van der Waals surface area contributed by atoms with Gasteiger partial charge in [0.15, 0.2) is 11.5 Å². The molecule has 2 N–H and O–H groups in total. The van der Waals surface area contributed by atoms with Gasteiger partial charge < -0.3 is 34.8 Å². The first-order valence-corrected chi connectivity index (χ1v) is 15.2. The van der Waals surface area contributed by atoms with Gasteiger partial charge in [0, 0.05) is 56.9 Å². The van der Waals surface area contributed by atoms with Crippen LogP contribution in [0, 0.1) is 0 Å². The Morgan fingerprint density at radius 3 is 2.20 bits per heavy atom. The molecule has 0 bridgehead atoms. The van der Waals surface area contributed by atoms with Crippen molar-refractivity contribution in [1.29, 1.82) is 0 Å². The fraction of sp³-hybridized carbons (Fsp3) is 0.382. The number of rotatable bonds is 8. The van der Waals surface area contributed by atoms with Crippen molar-refractivity contribution in [2.75, 3.05) is 76.8 Å². The second-order valence-electron chi connectivity index (χ2n) is 11.0. The number of hydrogen-bond donors (Lipinski definition) is 2. The second-order valence-corrected chi connectivity index (χ2v) is 11.0. The second kappa shape index (κ2) is 14.7. The Hall–Kier alpha value is -4.57. The van der Waals surface area contributed by atoms with Gasteiger partial charge >= 0.3 is 0 Å². The lowest BCUT2D eigenvalue weighted by molar-refractivity contribution is -0.115. The molecule has 0 aliphatic carbocycles. The van der Waals surface area contributed by atoms with Crippen LogP contribution in [0.5, 0.6) is 11.5 Å². The maximum Gasteiger partial charge on any atom is 0.254 e. The van der Waals surface area contributed by atoms with E-state index in [-0.39, 0.29) is 24.1 Å². The molecule has 2 aliphatic rings. The molecule has 0 saturated carbocycles. The van der Waals surface area contributed by atoms with Gasteiger partial charge in [-0.25, -0.2) is 0 Å². The van der Waals surface area contributed by atoms with E-state index in [9.17, 15) is 14.4 Å². The van der Waals surface area contributed by atoms with Crippen LogP contribution in [-0.2, 0) is 11.2 Å². The minimum absolute atomic E-state index is 0.0404. The Bertz CT molecular complexity index is 1460. The van der Waals surface area contributed by atoms with Gasteiger partial charge in [0.1, 0.15) is 0 Å². The summed E-state index contributed by atoms with van der Waals surface area (Å²) < 4.78 is 10.7. The molecule has 0 aromatic heterocycles.